The molecule has 0 bridgehead atoms. The molecule has 0 aliphatic carbocycles. The van der Waals surface area contributed by atoms with Crippen LogP contribution >= 0.6 is 0 Å². The highest BCUT2D eigenvalue weighted by molar-refractivity contribution is 5.96. The van der Waals surface area contributed by atoms with Gasteiger partial charge < -0.3 is 5.73 Å². The van der Waals surface area contributed by atoms with Gasteiger partial charge in [-0.05, 0) is 25.0 Å². The molecular weight excluding hydrogens is 226 g/mol. The zero-order valence-corrected chi connectivity index (χ0v) is 11.1. The summed E-state index contributed by atoms with van der Waals surface area (Å²) < 4.78 is 0. The van der Waals surface area contributed by atoms with Crippen LogP contribution in [0.25, 0.3) is 0 Å². The molecule has 0 aliphatic rings. The van der Waals surface area contributed by atoms with Crippen LogP contribution in [-0.4, -0.2) is 11.7 Å². The normalized spacial score (nSPS) is 12.1. The lowest BCUT2D eigenvalue weighted by molar-refractivity contribution is -0.119. The summed E-state index contributed by atoms with van der Waals surface area (Å²) in [5.41, 5.74) is 6.76. The molecule has 0 heterocycles. The first kappa shape index (κ1) is 14.4. The van der Waals surface area contributed by atoms with Gasteiger partial charge in [-0.15, -0.1) is 0 Å². The molecule has 0 unspecified atom stereocenters. The topological polar surface area (TPSA) is 60.2 Å². The number of benzene rings is 1. The summed E-state index contributed by atoms with van der Waals surface area (Å²) in [4.78, 5) is 23.1. The number of nitrogens with two attached hydrogens (primary N) is 1. The lowest BCUT2D eigenvalue weighted by atomic mass is 9.96. The summed E-state index contributed by atoms with van der Waals surface area (Å²) in [6.07, 6.45) is 3.67. The molecule has 1 amide bonds. The van der Waals surface area contributed by atoms with Crippen molar-refractivity contribution in [3.05, 3.63) is 35.4 Å². The van der Waals surface area contributed by atoms with Crippen molar-refractivity contribution in [3.63, 3.8) is 0 Å². The van der Waals surface area contributed by atoms with E-state index in [9.17, 15) is 9.59 Å². The first-order valence-electron chi connectivity index (χ1n) is 6.48. The Morgan fingerprint density at radius 2 is 2.00 bits per heavy atom. The van der Waals surface area contributed by atoms with Crippen LogP contribution in [0.1, 0.15) is 61.4 Å². The van der Waals surface area contributed by atoms with Gasteiger partial charge in [-0.3, -0.25) is 9.59 Å². The molecule has 3 heteroatoms. The van der Waals surface area contributed by atoms with E-state index >= 15 is 0 Å². The Kier molecular flexibility index (Phi) is 5.56. The summed E-state index contributed by atoms with van der Waals surface area (Å²) >= 11 is 0. The monoisotopic (exact) mass is 247 g/mol. The molecule has 1 aromatic carbocycles. The number of primary amides is 1. The van der Waals surface area contributed by atoms with Gasteiger partial charge in [-0.25, -0.2) is 0 Å². The number of Topliss-reactive ketones (excluding diaryl/α,β-unsaturated/α-hetero) is 1. The zero-order chi connectivity index (χ0) is 13.5. The summed E-state index contributed by atoms with van der Waals surface area (Å²) in [5, 5.41) is 0. The number of amides is 1. The summed E-state index contributed by atoms with van der Waals surface area (Å²) in [6, 6.07) is 7.22. The van der Waals surface area contributed by atoms with Crippen molar-refractivity contribution >= 4 is 11.7 Å². The second kappa shape index (κ2) is 6.94. The van der Waals surface area contributed by atoms with Crippen LogP contribution in [0.3, 0.4) is 0 Å². The molecule has 0 fully saturated rings. The Morgan fingerprint density at radius 1 is 1.28 bits per heavy atom. The van der Waals surface area contributed by atoms with E-state index in [2.05, 4.69) is 6.92 Å². The fraction of sp³-hybridized carbons (Fsp3) is 0.467. The fourth-order valence-electron chi connectivity index (χ4n) is 1.83. The first-order valence-corrected chi connectivity index (χ1v) is 6.48. The molecule has 2 N–H and O–H groups in total. The molecule has 1 atom stereocenters. The van der Waals surface area contributed by atoms with E-state index in [1.807, 2.05) is 12.1 Å². The predicted octanol–water partition coefficient (Wildman–Crippen LogP) is 3.04. The highest BCUT2D eigenvalue weighted by atomic mass is 16.1. The molecule has 98 valence electrons. The van der Waals surface area contributed by atoms with E-state index in [0.29, 0.717) is 12.0 Å². The number of ketones is 1. The highest BCUT2D eigenvalue weighted by Crippen LogP contribution is 2.17. The molecule has 0 spiro atoms. The molecule has 1 rings (SSSR count). The lowest BCUT2D eigenvalue weighted by Gasteiger charge is -2.09. The van der Waals surface area contributed by atoms with Crippen LogP contribution in [0.4, 0.5) is 0 Å². The minimum Gasteiger partial charge on any atom is -0.369 e. The Labute approximate surface area is 108 Å². The lowest BCUT2D eigenvalue weighted by Crippen LogP contribution is -2.19. The highest BCUT2D eigenvalue weighted by Gasteiger charge is 2.13. The quantitative estimate of drug-likeness (QED) is 0.594. The van der Waals surface area contributed by atoms with Crippen molar-refractivity contribution in [2.75, 3.05) is 0 Å². The van der Waals surface area contributed by atoms with Crippen molar-refractivity contribution in [2.45, 2.75) is 45.4 Å². The smallest absolute Gasteiger partial charge is 0.224 e. The van der Waals surface area contributed by atoms with E-state index in [0.717, 1.165) is 24.8 Å². The van der Waals surface area contributed by atoms with Gasteiger partial charge in [0.1, 0.15) is 0 Å². The molecule has 0 saturated carbocycles. The standard InChI is InChI=1S/C15H21NO2/c1-3-4-5-9-14(17)13-8-6-7-12(10-13)11(2)15(16)18/h6-8,10-11H,3-5,9H2,1-2H3,(H2,16,18)/t11-/m1/s1. The molecule has 0 saturated heterocycles. The minimum atomic E-state index is -0.370. The molecule has 0 aliphatic heterocycles. The van der Waals surface area contributed by atoms with Crippen molar-refractivity contribution in [2.24, 2.45) is 5.73 Å². The fourth-order valence-corrected chi connectivity index (χ4v) is 1.83. The van der Waals surface area contributed by atoms with Crippen LogP contribution in [0.15, 0.2) is 24.3 Å². The zero-order valence-electron chi connectivity index (χ0n) is 11.1. The number of hydrogen-bond donors (Lipinski definition) is 1. The SMILES string of the molecule is CCCCCC(=O)c1cccc([C@@H](C)C(N)=O)c1. The van der Waals surface area contributed by atoms with Crippen LogP contribution in [0, 0.1) is 0 Å². The Hall–Kier alpha value is -1.64. The molecule has 18 heavy (non-hydrogen) atoms. The third-order valence-corrected chi connectivity index (χ3v) is 3.14. The third kappa shape index (κ3) is 3.99. The van der Waals surface area contributed by atoms with Gasteiger partial charge >= 0.3 is 0 Å². The maximum absolute atomic E-state index is 11.9. The summed E-state index contributed by atoms with van der Waals surface area (Å²) in [6.45, 7) is 3.86. The number of hydrogen-bond acceptors (Lipinski definition) is 2. The van der Waals surface area contributed by atoms with Gasteiger partial charge in [-0.1, -0.05) is 38.0 Å². The van der Waals surface area contributed by atoms with Gasteiger partial charge in [0.25, 0.3) is 0 Å². The van der Waals surface area contributed by atoms with Crippen molar-refractivity contribution in [1.82, 2.24) is 0 Å². The molecular formula is C15H21NO2. The van der Waals surface area contributed by atoms with Gasteiger partial charge in [0, 0.05) is 12.0 Å². The Bertz CT molecular complexity index is 426. The van der Waals surface area contributed by atoms with Crippen molar-refractivity contribution in [3.8, 4) is 0 Å². The van der Waals surface area contributed by atoms with E-state index in [4.69, 9.17) is 5.73 Å². The molecule has 0 radical (unpaired) electrons. The van der Waals surface area contributed by atoms with Crippen LogP contribution in [-0.2, 0) is 4.79 Å². The summed E-state index contributed by atoms with van der Waals surface area (Å²) in [5.74, 6) is -0.582. The van der Waals surface area contributed by atoms with E-state index in [1.54, 1.807) is 19.1 Å². The number of carbonyl (C=O) groups is 2. The van der Waals surface area contributed by atoms with Gasteiger partial charge in [0.05, 0.1) is 5.92 Å². The molecule has 1 aromatic rings. The molecule has 3 nitrogen and oxygen atoms in total. The third-order valence-electron chi connectivity index (χ3n) is 3.14. The summed E-state index contributed by atoms with van der Waals surface area (Å²) in [7, 11) is 0. The van der Waals surface area contributed by atoms with Gasteiger partial charge in [0.15, 0.2) is 5.78 Å². The van der Waals surface area contributed by atoms with Crippen molar-refractivity contribution < 1.29 is 9.59 Å². The number of carbonyl (C=O) groups excluding carboxylic acids is 2. The largest absolute Gasteiger partial charge is 0.369 e. The van der Waals surface area contributed by atoms with Crippen LogP contribution < -0.4 is 5.73 Å². The second-order valence-corrected chi connectivity index (χ2v) is 4.63. The maximum atomic E-state index is 11.9. The van der Waals surface area contributed by atoms with E-state index in [-0.39, 0.29) is 17.6 Å². The van der Waals surface area contributed by atoms with Gasteiger partial charge in [-0.2, -0.15) is 0 Å². The Morgan fingerprint density at radius 3 is 2.61 bits per heavy atom. The second-order valence-electron chi connectivity index (χ2n) is 4.63. The minimum absolute atomic E-state index is 0.141. The Balaban J connectivity index is 2.75. The average Bonchev–Trinajstić information content (AvgIpc) is 2.38. The van der Waals surface area contributed by atoms with Crippen LogP contribution in [0.5, 0.6) is 0 Å². The van der Waals surface area contributed by atoms with Gasteiger partial charge in [0.2, 0.25) is 5.91 Å². The number of rotatable bonds is 7. The van der Waals surface area contributed by atoms with Crippen molar-refractivity contribution in [1.29, 1.82) is 0 Å². The van der Waals surface area contributed by atoms with E-state index < -0.39 is 0 Å². The number of unbranched alkanes of at least 4 members (excludes halogenated alkanes) is 2. The molecule has 0 aromatic heterocycles. The maximum Gasteiger partial charge on any atom is 0.224 e. The first-order chi connectivity index (χ1) is 8.56. The average molecular weight is 247 g/mol. The predicted molar refractivity (Wildman–Crippen MR) is 72.5 cm³/mol. The van der Waals surface area contributed by atoms with Crippen LogP contribution in [0.2, 0.25) is 0 Å². The van der Waals surface area contributed by atoms with E-state index in [1.165, 1.54) is 0 Å².